The number of hydrogen-bond acceptors (Lipinski definition) is 3. The molecular formula is C47H31N3O. The number of fused-ring (bicyclic) bond motifs is 13. The fraction of sp³-hybridized carbons (Fsp3) is 0.0638. The standard InChI is InChI=1S/C47H31N3O/c1-3-15-30(16-4-1)38-29-39(31-17-5-2-6-18-31)49-46(48-38)50-40-24-12-8-20-34(40)44-41(50)28-27-33-32-19-7-9-21-35(32)47(45(33)44)36-22-10-13-25-42(36)51-43-26-14-11-23-37(43)47/h1-5,7-17,19-29H,6,18H2. The molecule has 1 aliphatic heterocycles. The van der Waals surface area contributed by atoms with Crippen LogP contribution in [0.5, 0.6) is 11.5 Å². The molecule has 0 atom stereocenters. The molecule has 8 aromatic rings. The highest BCUT2D eigenvalue weighted by Gasteiger charge is 2.52. The topological polar surface area (TPSA) is 39.9 Å². The Kier molecular flexibility index (Phi) is 5.97. The Labute approximate surface area is 295 Å². The first-order chi connectivity index (χ1) is 25.3. The van der Waals surface area contributed by atoms with Gasteiger partial charge in [0.1, 0.15) is 11.5 Å². The molecule has 240 valence electrons. The number of hydrogen-bond donors (Lipinski definition) is 0. The van der Waals surface area contributed by atoms with Crippen LogP contribution in [0.4, 0.5) is 0 Å². The summed E-state index contributed by atoms with van der Waals surface area (Å²) in [5, 5.41) is 2.38. The van der Waals surface area contributed by atoms with Crippen molar-refractivity contribution in [1.29, 1.82) is 0 Å². The van der Waals surface area contributed by atoms with Gasteiger partial charge in [0.2, 0.25) is 5.95 Å². The maximum absolute atomic E-state index is 6.66. The van der Waals surface area contributed by atoms with Crippen molar-refractivity contribution in [3.63, 3.8) is 0 Å². The molecule has 1 spiro atoms. The van der Waals surface area contributed by atoms with Crippen LogP contribution >= 0.6 is 0 Å². The molecule has 0 N–H and O–H groups in total. The summed E-state index contributed by atoms with van der Waals surface area (Å²) in [6.45, 7) is 0. The highest BCUT2D eigenvalue weighted by Crippen LogP contribution is 2.64. The third-order valence-electron chi connectivity index (χ3n) is 11.0. The van der Waals surface area contributed by atoms with Crippen LogP contribution in [0.3, 0.4) is 0 Å². The van der Waals surface area contributed by atoms with Crippen molar-refractivity contribution < 1.29 is 4.74 Å². The summed E-state index contributed by atoms with van der Waals surface area (Å²) in [6.07, 6.45) is 8.52. The van der Waals surface area contributed by atoms with Gasteiger partial charge in [-0.1, -0.05) is 133 Å². The minimum Gasteiger partial charge on any atom is -0.457 e. The van der Waals surface area contributed by atoms with E-state index in [0.29, 0.717) is 5.95 Å². The summed E-state index contributed by atoms with van der Waals surface area (Å²) in [5.41, 5.74) is 13.1. The number of ether oxygens (including phenoxy) is 1. The smallest absolute Gasteiger partial charge is 0.235 e. The summed E-state index contributed by atoms with van der Waals surface area (Å²) in [7, 11) is 0. The lowest BCUT2D eigenvalue weighted by Crippen LogP contribution is -2.32. The first-order valence-electron chi connectivity index (χ1n) is 17.6. The van der Waals surface area contributed by atoms with Crippen molar-refractivity contribution >= 4 is 27.4 Å². The molecule has 2 aliphatic carbocycles. The number of para-hydroxylation sites is 3. The van der Waals surface area contributed by atoms with Crippen LogP contribution in [0.25, 0.3) is 55.7 Å². The SMILES string of the molecule is C1=CCCC(c2cc(-c3ccccc3)nc(-n3c4ccccc4c4c5c(ccc43)-c3ccccc3C53c4ccccc4Oc4ccccc43)n2)=C1. The lowest BCUT2D eigenvalue weighted by molar-refractivity contribution is 0.437. The van der Waals surface area contributed by atoms with E-state index >= 15 is 0 Å². The minimum atomic E-state index is -0.594. The molecule has 11 rings (SSSR count). The first-order valence-corrected chi connectivity index (χ1v) is 17.6. The molecular weight excluding hydrogens is 623 g/mol. The molecule has 3 aliphatic rings. The zero-order valence-corrected chi connectivity index (χ0v) is 27.8. The number of aromatic nitrogens is 3. The van der Waals surface area contributed by atoms with Crippen molar-refractivity contribution in [2.75, 3.05) is 0 Å². The molecule has 2 aromatic heterocycles. The molecule has 0 saturated carbocycles. The largest absolute Gasteiger partial charge is 0.457 e. The van der Waals surface area contributed by atoms with Crippen molar-refractivity contribution in [1.82, 2.24) is 14.5 Å². The summed E-state index contributed by atoms with van der Waals surface area (Å²) >= 11 is 0. The molecule has 6 aromatic carbocycles. The quantitative estimate of drug-likeness (QED) is 0.190. The lowest BCUT2D eigenvalue weighted by Gasteiger charge is -2.39. The van der Waals surface area contributed by atoms with E-state index in [1.807, 2.05) is 0 Å². The average molecular weight is 654 g/mol. The zero-order chi connectivity index (χ0) is 33.5. The Bertz CT molecular complexity index is 2740. The van der Waals surface area contributed by atoms with E-state index in [4.69, 9.17) is 14.7 Å². The molecule has 0 fully saturated rings. The maximum atomic E-state index is 6.66. The van der Waals surface area contributed by atoms with Crippen LogP contribution in [0.2, 0.25) is 0 Å². The molecule has 4 nitrogen and oxygen atoms in total. The molecule has 0 radical (unpaired) electrons. The van der Waals surface area contributed by atoms with Gasteiger partial charge in [-0.05, 0) is 71.0 Å². The van der Waals surface area contributed by atoms with Gasteiger partial charge < -0.3 is 4.74 Å². The maximum Gasteiger partial charge on any atom is 0.235 e. The number of rotatable bonds is 3. The fourth-order valence-electron chi connectivity index (χ4n) is 8.90. The Morgan fingerprint density at radius 3 is 2.06 bits per heavy atom. The van der Waals surface area contributed by atoms with Crippen LogP contribution in [-0.4, -0.2) is 14.5 Å². The van der Waals surface area contributed by atoms with Crippen LogP contribution < -0.4 is 4.74 Å². The summed E-state index contributed by atoms with van der Waals surface area (Å²) in [5.74, 6) is 2.45. The molecule has 4 heteroatoms. The second-order valence-corrected chi connectivity index (χ2v) is 13.6. The lowest BCUT2D eigenvalue weighted by atomic mass is 9.65. The van der Waals surface area contributed by atoms with E-state index in [0.717, 1.165) is 63.5 Å². The predicted molar refractivity (Wildman–Crippen MR) is 206 cm³/mol. The van der Waals surface area contributed by atoms with Gasteiger partial charge in [-0.15, -0.1) is 0 Å². The third kappa shape index (κ3) is 3.90. The van der Waals surface area contributed by atoms with Crippen LogP contribution in [0, 0.1) is 0 Å². The summed E-state index contributed by atoms with van der Waals surface area (Å²) in [4.78, 5) is 10.7. The van der Waals surface area contributed by atoms with Gasteiger partial charge in [-0.2, -0.15) is 0 Å². The van der Waals surface area contributed by atoms with E-state index in [9.17, 15) is 0 Å². The van der Waals surface area contributed by atoms with Crippen molar-refractivity contribution in [2.45, 2.75) is 18.3 Å². The van der Waals surface area contributed by atoms with Crippen molar-refractivity contribution in [2.24, 2.45) is 0 Å². The van der Waals surface area contributed by atoms with Crippen LogP contribution in [0.15, 0.2) is 164 Å². The number of nitrogens with zero attached hydrogens (tertiary/aromatic N) is 3. The highest BCUT2D eigenvalue weighted by atomic mass is 16.5. The van der Waals surface area contributed by atoms with E-state index in [2.05, 4.69) is 168 Å². The summed E-state index contributed by atoms with van der Waals surface area (Å²) < 4.78 is 8.94. The monoisotopic (exact) mass is 653 g/mol. The second kappa shape index (κ2) is 10.7. The van der Waals surface area contributed by atoms with Gasteiger partial charge in [0.15, 0.2) is 0 Å². The molecule has 3 heterocycles. The van der Waals surface area contributed by atoms with Crippen LogP contribution in [0.1, 0.15) is 40.8 Å². The van der Waals surface area contributed by atoms with E-state index in [1.54, 1.807) is 0 Å². The normalized spacial score (nSPS) is 14.9. The Balaban J connectivity index is 1.29. The molecule has 0 amide bonds. The molecule has 51 heavy (non-hydrogen) atoms. The van der Waals surface area contributed by atoms with Crippen LogP contribution in [-0.2, 0) is 5.41 Å². The fourth-order valence-corrected chi connectivity index (χ4v) is 8.90. The third-order valence-corrected chi connectivity index (χ3v) is 11.0. The Morgan fingerprint density at radius 2 is 1.27 bits per heavy atom. The Hall–Kier alpha value is -6.52. The van der Waals surface area contributed by atoms with Gasteiger partial charge in [0, 0.05) is 27.5 Å². The van der Waals surface area contributed by atoms with Crippen molar-refractivity contribution in [3.05, 3.63) is 192 Å². The summed E-state index contributed by atoms with van der Waals surface area (Å²) in [6, 6.07) is 52.0. The van der Waals surface area contributed by atoms with E-state index in [1.165, 1.54) is 38.6 Å². The van der Waals surface area contributed by atoms with Gasteiger partial charge in [-0.3, -0.25) is 4.57 Å². The van der Waals surface area contributed by atoms with E-state index in [-0.39, 0.29) is 0 Å². The molecule has 0 unspecified atom stereocenters. The van der Waals surface area contributed by atoms with Gasteiger partial charge in [0.05, 0.1) is 27.8 Å². The van der Waals surface area contributed by atoms with Gasteiger partial charge in [-0.25, -0.2) is 9.97 Å². The highest BCUT2D eigenvalue weighted by molar-refractivity contribution is 6.15. The zero-order valence-electron chi connectivity index (χ0n) is 27.8. The molecule has 0 saturated heterocycles. The molecule has 0 bridgehead atoms. The minimum absolute atomic E-state index is 0.594. The van der Waals surface area contributed by atoms with Gasteiger partial charge in [0.25, 0.3) is 0 Å². The van der Waals surface area contributed by atoms with Gasteiger partial charge >= 0.3 is 0 Å². The van der Waals surface area contributed by atoms with Crippen molar-refractivity contribution in [3.8, 4) is 39.8 Å². The first kappa shape index (κ1) is 28.3. The number of allylic oxidation sites excluding steroid dienone is 4. The van der Waals surface area contributed by atoms with E-state index < -0.39 is 5.41 Å². The number of benzene rings is 6. The average Bonchev–Trinajstić information content (AvgIpc) is 3.69. The second-order valence-electron chi connectivity index (χ2n) is 13.6. The Morgan fingerprint density at radius 1 is 0.588 bits per heavy atom. The predicted octanol–water partition coefficient (Wildman–Crippen LogP) is 11.4.